The van der Waals surface area contributed by atoms with Gasteiger partial charge in [-0.15, -0.1) is 0 Å². The zero-order valence-corrected chi connectivity index (χ0v) is 20.5. The van der Waals surface area contributed by atoms with Crippen molar-refractivity contribution in [2.45, 2.75) is 81.6 Å². The van der Waals surface area contributed by atoms with E-state index in [9.17, 15) is 13.2 Å². The summed E-state index contributed by atoms with van der Waals surface area (Å²) in [5.74, 6) is 1.76. The first-order chi connectivity index (χ1) is 15.9. The smallest absolute Gasteiger partial charge is 0.243 e. The number of hydrogen-bond donors (Lipinski definition) is 0. The Labute approximate surface area is 197 Å². The van der Waals surface area contributed by atoms with Crippen LogP contribution in [0, 0.1) is 5.92 Å². The summed E-state index contributed by atoms with van der Waals surface area (Å²) < 4.78 is 29.7. The summed E-state index contributed by atoms with van der Waals surface area (Å²) in [6, 6.07) is 5.67. The average molecular weight is 473 g/mol. The van der Waals surface area contributed by atoms with Crippen molar-refractivity contribution in [3.05, 3.63) is 24.0 Å². The average Bonchev–Trinajstić information content (AvgIpc) is 3.58. The molecule has 1 atom stereocenters. The highest BCUT2D eigenvalue weighted by Gasteiger charge is 2.35. The molecule has 1 amide bonds. The quantitative estimate of drug-likeness (QED) is 0.640. The van der Waals surface area contributed by atoms with Crippen LogP contribution in [0.3, 0.4) is 0 Å². The van der Waals surface area contributed by atoms with Crippen LogP contribution < -0.4 is 0 Å². The lowest BCUT2D eigenvalue weighted by atomic mass is 9.96. The Morgan fingerprint density at radius 1 is 1.00 bits per heavy atom. The largest absolute Gasteiger partial charge is 0.339 e. The molecule has 3 aliphatic rings. The number of aromatic nitrogens is 2. The highest BCUT2D eigenvalue weighted by molar-refractivity contribution is 7.89. The van der Waals surface area contributed by atoms with Crippen molar-refractivity contribution >= 4 is 27.0 Å². The predicted octanol–water partition coefficient (Wildman–Crippen LogP) is 3.86. The molecule has 7 nitrogen and oxygen atoms in total. The first-order valence-electron chi connectivity index (χ1n) is 12.7. The number of imidazole rings is 1. The van der Waals surface area contributed by atoms with Crippen molar-refractivity contribution in [2.24, 2.45) is 13.0 Å². The molecule has 0 spiro atoms. The molecular weight excluding hydrogens is 436 g/mol. The molecule has 3 fully saturated rings. The Balaban J connectivity index is 1.30. The molecule has 0 radical (unpaired) electrons. The summed E-state index contributed by atoms with van der Waals surface area (Å²) in [5.41, 5.74) is 1.59. The molecule has 1 unspecified atom stereocenters. The minimum atomic E-state index is -3.48. The fourth-order valence-corrected chi connectivity index (χ4v) is 7.70. The van der Waals surface area contributed by atoms with E-state index in [0.717, 1.165) is 50.0 Å². The first-order valence-corrected chi connectivity index (χ1v) is 14.1. The third-order valence-electron chi connectivity index (χ3n) is 8.02. The number of benzene rings is 1. The van der Waals surface area contributed by atoms with E-state index in [0.29, 0.717) is 48.3 Å². The van der Waals surface area contributed by atoms with E-state index < -0.39 is 10.0 Å². The Hall–Kier alpha value is -1.93. The molecule has 1 aromatic heterocycles. The van der Waals surface area contributed by atoms with E-state index >= 15 is 0 Å². The van der Waals surface area contributed by atoms with Gasteiger partial charge < -0.3 is 9.47 Å². The van der Waals surface area contributed by atoms with Crippen LogP contribution >= 0.6 is 0 Å². The van der Waals surface area contributed by atoms with Gasteiger partial charge in [0.25, 0.3) is 0 Å². The number of carbonyl (C=O) groups excluding carboxylic acids is 1. The number of carbonyl (C=O) groups is 1. The lowest BCUT2D eigenvalue weighted by Crippen LogP contribution is -2.39. The summed E-state index contributed by atoms with van der Waals surface area (Å²) in [5, 5.41) is 0. The molecule has 5 rings (SSSR count). The highest BCUT2D eigenvalue weighted by atomic mass is 32.2. The van der Waals surface area contributed by atoms with Crippen molar-refractivity contribution in [3.63, 3.8) is 0 Å². The van der Waals surface area contributed by atoms with Gasteiger partial charge in [0.15, 0.2) is 0 Å². The monoisotopic (exact) mass is 472 g/mol. The van der Waals surface area contributed by atoms with Crippen LogP contribution in [0.15, 0.2) is 23.1 Å². The lowest BCUT2D eigenvalue weighted by Gasteiger charge is -2.29. The Bertz CT molecular complexity index is 1110. The number of nitrogens with zero attached hydrogens (tertiary/aromatic N) is 4. The lowest BCUT2D eigenvalue weighted by molar-refractivity contribution is -0.132. The van der Waals surface area contributed by atoms with Crippen LogP contribution in [0.1, 0.15) is 70.0 Å². The molecular formula is C25H36N4O3S. The first kappa shape index (κ1) is 22.8. The Morgan fingerprint density at radius 2 is 1.76 bits per heavy atom. The maximum atomic E-state index is 13.1. The zero-order chi connectivity index (χ0) is 23.0. The molecule has 33 heavy (non-hydrogen) atoms. The van der Waals surface area contributed by atoms with E-state index in [1.165, 1.54) is 25.7 Å². The summed E-state index contributed by atoms with van der Waals surface area (Å²) in [4.78, 5) is 20.3. The number of rotatable bonds is 6. The number of fused-ring (bicyclic) bond motifs is 1. The van der Waals surface area contributed by atoms with Crippen LogP contribution in [0.2, 0.25) is 0 Å². The standard InChI is InChI=1S/C25H36N4O3S/c1-27-23-12-11-20(33(31,32)28-15-5-2-6-16-28)18-21(23)26-24(27)13-14-25(30)29-17-7-10-22(29)19-8-3-4-9-19/h11-12,18-19,22H,2-10,13-17H2,1H3. The van der Waals surface area contributed by atoms with Gasteiger partial charge in [-0.1, -0.05) is 19.3 Å². The minimum absolute atomic E-state index is 0.241. The van der Waals surface area contributed by atoms with Gasteiger partial charge in [0.1, 0.15) is 5.82 Å². The normalized spacial score (nSPS) is 23.1. The van der Waals surface area contributed by atoms with Crippen molar-refractivity contribution in [1.82, 2.24) is 18.8 Å². The topological polar surface area (TPSA) is 75.5 Å². The number of likely N-dealkylation sites (tertiary alicyclic amines) is 1. The third-order valence-corrected chi connectivity index (χ3v) is 9.92. The number of amides is 1. The highest BCUT2D eigenvalue weighted by Crippen LogP contribution is 2.35. The molecule has 1 saturated carbocycles. The number of hydrogen-bond acceptors (Lipinski definition) is 4. The van der Waals surface area contributed by atoms with Gasteiger partial charge in [0.05, 0.1) is 15.9 Å². The van der Waals surface area contributed by atoms with E-state index in [1.807, 2.05) is 17.7 Å². The summed E-state index contributed by atoms with van der Waals surface area (Å²) in [6.45, 7) is 2.07. The van der Waals surface area contributed by atoms with E-state index in [1.54, 1.807) is 16.4 Å². The molecule has 1 aliphatic carbocycles. The Kier molecular flexibility index (Phi) is 6.49. The fraction of sp³-hybridized carbons (Fsp3) is 0.680. The fourth-order valence-electron chi connectivity index (χ4n) is 6.16. The summed E-state index contributed by atoms with van der Waals surface area (Å²) in [6.07, 6.45) is 11.4. The maximum absolute atomic E-state index is 13.1. The summed E-state index contributed by atoms with van der Waals surface area (Å²) >= 11 is 0. The van der Waals surface area contributed by atoms with Gasteiger partial charge in [-0.2, -0.15) is 4.31 Å². The van der Waals surface area contributed by atoms with E-state index in [2.05, 4.69) is 4.90 Å². The molecule has 2 aliphatic heterocycles. The van der Waals surface area contributed by atoms with Crippen LogP contribution in [-0.4, -0.2) is 58.8 Å². The molecule has 1 aromatic carbocycles. The van der Waals surface area contributed by atoms with Crippen LogP contribution in [0.5, 0.6) is 0 Å². The predicted molar refractivity (Wildman–Crippen MR) is 128 cm³/mol. The number of sulfonamides is 1. The molecule has 8 heteroatoms. The maximum Gasteiger partial charge on any atom is 0.243 e. The molecule has 2 aromatic rings. The second-order valence-corrected chi connectivity index (χ2v) is 12.0. The minimum Gasteiger partial charge on any atom is -0.339 e. The van der Waals surface area contributed by atoms with Crippen molar-refractivity contribution in [2.75, 3.05) is 19.6 Å². The van der Waals surface area contributed by atoms with E-state index in [-0.39, 0.29) is 5.91 Å². The molecule has 0 N–H and O–H groups in total. The van der Waals surface area contributed by atoms with Crippen LogP contribution in [0.25, 0.3) is 11.0 Å². The third kappa shape index (κ3) is 4.44. The van der Waals surface area contributed by atoms with Gasteiger partial charge in [-0.25, -0.2) is 13.4 Å². The van der Waals surface area contributed by atoms with Gasteiger partial charge in [0, 0.05) is 45.6 Å². The second-order valence-electron chi connectivity index (χ2n) is 10.0. The van der Waals surface area contributed by atoms with Crippen LogP contribution in [-0.2, 0) is 28.3 Å². The van der Waals surface area contributed by atoms with Gasteiger partial charge >= 0.3 is 0 Å². The zero-order valence-electron chi connectivity index (χ0n) is 19.7. The number of aryl methyl sites for hydroxylation is 2. The number of piperidine rings is 1. The molecule has 2 saturated heterocycles. The van der Waals surface area contributed by atoms with Crippen molar-refractivity contribution < 1.29 is 13.2 Å². The molecule has 0 bridgehead atoms. The van der Waals surface area contributed by atoms with Gasteiger partial charge in [0.2, 0.25) is 15.9 Å². The van der Waals surface area contributed by atoms with Gasteiger partial charge in [-0.05, 0) is 62.6 Å². The molecule has 3 heterocycles. The van der Waals surface area contributed by atoms with Crippen LogP contribution in [0.4, 0.5) is 0 Å². The molecule has 180 valence electrons. The van der Waals surface area contributed by atoms with Crippen molar-refractivity contribution in [1.29, 1.82) is 0 Å². The van der Waals surface area contributed by atoms with E-state index in [4.69, 9.17) is 4.98 Å². The Morgan fingerprint density at radius 3 is 2.52 bits per heavy atom. The second kappa shape index (κ2) is 9.37. The summed E-state index contributed by atoms with van der Waals surface area (Å²) in [7, 11) is -1.54. The van der Waals surface area contributed by atoms with Gasteiger partial charge in [-0.3, -0.25) is 4.79 Å². The van der Waals surface area contributed by atoms with Crippen molar-refractivity contribution in [3.8, 4) is 0 Å². The SMILES string of the molecule is Cn1c(CCC(=O)N2CCCC2C2CCCC2)nc2cc(S(=O)(=O)N3CCCCC3)ccc21.